The average molecular weight is 234 g/mol. The predicted molar refractivity (Wildman–Crippen MR) is 65.2 cm³/mol. The van der Waals surface area contributed by atoms with E-state index in [0.29, 0.717) is 6.54 Å². The smallest absolute Gasteiger partial charge is 0.351 e. The fourth-order valence-corrected chi connectivity index (χ4v) is 1.88. The van der Waals surface area contributed by atoms with Gasteiger partial charge in [-0.05, 0) is 18.4 Å². The Balaban J connectivity index is 1.70. The van der Waals surface area contributed by atoms with Crippen LogP contribution in [0.5, 0.6) is 0 Å². The first-order chi connectivity index (χ1) is 8.34. The Morgan fingerprint density at radius 1 is 1.18 bits per heavy atom. The summed E-state index contributed by atoms with van der Waals surface area (Å²) in [5, 5.41) is 4.48. The van der Waals surface area contributed by atoms with Crippen LogP contribution in [0.4, 0.5) is 4.79 Å². The second-order valence-corrected chi connectivity index (χ2v) is 4.21. The van der Waals surface area contributed by atoms with Crippen molar-refractivity contribution in [1.82, 2.24) is 10.4 Å². The highest BCUT2D eigenvalue weighted by Gasteiger charge is 2.14. The number of carbonyl (C=O) groups is 1. The van der Waals surface area contributed by atoms with E-state index in [1.807, 2.05) is 30.3 Å². The number of carbonyl (C=O) groups excluding carboxylic acids is 1. The number of hydrogen-bond donors (Lipinski definition) is 1. The topological polar surface area (TPSA) is 41.6 Å². The van der Waals surface area contributed by atoms with Crippen molar-refractivity contribution in [2.24, 2.45) is 0 Å². The summed E-state index contributed by atoms with van der Waals surface area (Å²) in [4.78, 5) is 16.7. The summed E-state index contributed by atoms with van der Waals surface area (Å²) in [6.45, 7) is 2.20. The van der Waals surface area contributed by atoms with Crippen LogP contribution < -0.4 is 5.32 Å². The van der Waals surface area contributed by atoms with Crippen LogP contribution in [0.1, 0.15) is 24.8 Å². The molecule has 4 heteroatoms. The van der Waals surface area contributed by atoms with Gasteiger partial charge in [-0.3, -0.25) is 0 Å². The molecule has 92 valence electrons. The molecular weight excluding hydrogens is 216 g/mol. The minimum absolute atomic E-state index is 0.365. The van der Waals surface area contributed by atoms with Crippen molar-refractivity contribution >= 4 is 6.09 Å². The largest absolute Gasteiger partial charge is 0.426 e. The molecule has 0 aromatic heterocycles. The summed E-state index contributed by atoms with van der Waals surface area (Å²) in [5.74, 6) is 0. The van der Waals surface area contributed by atoms with Crippen LogP contribution in [-0.2, 0) is 11.4 Å². The monoisotopic (exact) mass is 234 g/mol. The molecule has 1 aromatic rings. The first-order valence-corrected chi connectivity index (χ1v) is 6.09. The number of nitrogens with one attached hydrogen (secondary N) is 1. The number of piperidine rings is 1. The van der Waals surface area contributed by atoms with Gasteiger partial charge in [-0.2, -0.15) is 0 Å². The van der Waals surface area contributed by atoms with Gasteiger partial charge in [-0.25, -0.2) is 4.79 Å². The Hall–Kier alpha value is -1.55. The lowest BCUT2D eigenvalue weighted by molar-refractivity contribution is -0.111. The number of nitrogens with zero attached hydrogens (tertiary/aromatic N) is 1. The van der Waals surface area contributed by atoms with Gasteiger partial charge in [-0.15, -0.1) is 5.06 Å². The van der Waals surface area contributed by atoms with Gasteiger partial charge >= 0.3 is 6.09 Å². The maximum atomic E-state index is 11.5. The van der Waals surface area contributed by atoms with Crippen molar-refractivity contribution in [3.63, 3.8) is 0 Å². The van der Waals surface area contributed by atoms with E-state index in [9.17, 15) is 4.79 Å². The Labute approximate surface area is 102 Å². The fraction of sp³-hybridized carbons (Fsp3) is 0.462. The molecule has 0 unspecified atom stereocenters. The first-order valence-electron chi connectivity index (χ1n) is 6.09. The zero-order chi connectivity index (χ0) is 11.9. The van der Waals surface area contributed by atoms with E-state index in [4.69, 9.17) is 4.84 Å². The lowest BCUT2D eigenvalue weighted by Gasteiger charge is -2.24. The van der Waals surface area contributed by atoms with Crippen LogP contribution >= 0.6 is 0 Å². The SMILES string of the molecule is O=C(NCc1ccccc1)ON1CCCCC1. The maximum Gasteiger partial charge on any atom is 0.426 e. The molecule has 2 rings (SSSR count). The third-order valence-electron chi connectivity index (χ3n) is 2.81. The number of rotatable bonds is 3. The van der Waals surface area contributed by atoms with Crippen molar-refractivity contribution in [2.45, 2.75) is 25.8 Å². The molecule has 1 N–H and O–H groups in total. The Morgan fingerprint density at radius 2 is 1.88 bits per heavy atom. The summed E-state index contributed by atoms with van der Waals surface area (Å²) in [6.07, 6.45) is 3.07. The average Bonchev–Trinajstić information content (AvgIpc) is 2.39. The molecule has 1 aromatic carbocycles. The molecule has 0 radical (unpaired) electrons. The van der Waals surface area contributed by atoms with Crippen LogP contribution in [0, 0.1) is 0 Å². The second-order valence-electron chi connectivity index (χ2n) is 4.21. The third kappa shape index (κ3) is 4.07. The van der Waals surface area contributed by atoms with Gasteiger partial charge in [0.2, 0.25) is 0 Å². The Kier molecular flexibility index (Phi) is 4.38. The Bertz CT molecular complexity index is 348. The molecule has 1 fully saturated rings. The molecule has 17 heavy (non-hydrogen) atoms. The van der Waals surface area contributed by atoms with Crippen LogP contribution in [0.3, 0.4) is 0 Å². The van der Waals surface area contributed by atoms with E-state index in [0.717, 1.165) is 31.5 Å². The second kappa shape index (κ2) is 6.25. The van der Waals surface area contributed by atoms with Crippen LogP contribution in [0.15, 0.2) is 30.3 Å². The van der Waals surface area contributed by atoms with Crippen LogP contribution in [-0.4, -0.2) is 24.2 Å². The fourth-order valence-electron chi connectivity index (χ4n) is 1.88. The minimum atomic E-state index is -0.365. The minimum Gasteiger partial charge on any atom is -0.351 e. The van der Waals surface area contributed by atoms with Gasteiger partial charge in [0.05, 0.1) is 0 Å². The van der Waals surface area contributed by atoms with Gasteiger partial charge in [0.15, 0.2) is 0 Å². The van der Waals surface area contributed by atoms with Crippen molar-refractivity contribution in [3.8, 4) is 0 Å². The number of hydrogen-bond acceptors (Lipinski definition) is 3. The molecular formula is C13H18N2O2. The molecule has 0 aliphatic carbocycles. The van der Waals surface area contributed by atoms with Gasteiger partial charge in [-0.1, -0.05) is 36.8 Å². The highest BCUT2D eigenvalue weighted by Crippen LogP contribution is 2.08. The third-order valence-corrected chi connectivity index (χ3v) is 2.81. The first kappa shape index (κ1) is 11.9. The normalized spacial score (nSPS) is 16.5. The van der Waals surface area contributed by atoms with Crippen LogP contribution in [0.25, 0.3) is 0 Å². The summed E-state index contributed by atoms with van der Waals surface area (Å²) < 4.78 is 0. The molecule has 0 bridgehead atoms. The van der Waals surface area contributed by atoms with E-state index in [1.54, 1.807) is 5.06 Å². The quantitative estimate of drug-likeness (QED) is 0.872. The molecule has 1 aliphatic heterocycles. The lowest BCUT2D eigenvalue weighted by Crippen LogP contribution is -2.36. The molecule has 0 saturated carbocycles. The number of hydroxylamine groups is 2. The van der Waals surface area contributed by atoms with Crippen LogP contribution in [0.2, 0.25) is 0 Å². The summed E-state index contributed by atoms with van der Waals surface area (Å²) in [5.41, 5.74) is 1.07. The van der Waals surface area contributed by atoms with Crippen molar-refractivity contribution in [1.29, 1.82) is 0 Å². The summed E-state index contributed by atoms with van der Waals surface area (Å²) >= 11 is 0. The maximum absolute atomic E-state index is 11.5. The van der Waals surface area contributed by atoms with Gasteiger partial charge < -0.3 is 10.2 Å². The van der Waals surface area contributed by atoms with E-state index in [2.05, 4.69) is 5.32 Å². The van der Waals surface area contributed by atoms with E-state index in [1.165, 1.54) is 6.42 Å². The van der Waals surface area contributed by atoms with Crippen molar-refractivity contribution < 1.29 is 9.63 Å². The van der Waals surface area contributed by atoms with Gasteiger partial charge in [0, 0.05) is 19.6 Å². The van der Waals surface area contributed by atoms with E-state index >= 15 is 0 Å². The zero-order valence-corrected chi connectivity index (χ0v) is 9.89. The highest BCUT2D eigenvalue weighted by atomic mass is 16.7. The number of amides is 1. The van der Waals surface area contributed by atoms with Crippen molar-refractivity contribution in [3.05, 3.63) is 35.9 Å². The standard InChI is InChI=1S/C13H18N2O2/c16-13(17-15-9-5-2-6-10-15)14-11-12-7-3-1-4-8-12/h1,3-4,7-8H,2,5-6,9-11H2,(H,14,16). The summed E-state index contributed by atoms with van der Waals surface area (Å²) in [7, 11) is 0. The van der Waals surface area contributed by atoms with Gasteiger partial charge in [0.1, 0.15) is 0 Å². The van der Waals surface area contributed by atoms with Gasteiger partial charge in [0.25, 0.3) is 0 Å². The molecule has 1 saturated heterocycles. The molecule has 1 aliphatic rings. The molecule has 1 amide bonds. The molecule has 1 heterocycles. The zero-order valence-electron chi connectivity index (χ0n) is 9.89. The molecule has 0 spiro atoms. The van der Waals surface area contributed by atoms with E-state index in [-0.39, 0.29) is 6.09 Å². The predicted octanol–water partition coefficient (Wildman–Crippen LogP) is 2.31. The number of benzene rings is 1. The summed E-state index contributed by atoms with van der Waals surface area (Å²) in [6, 6.07) is 9.80. The van der Waals surface area contributed by atoms with E-state index < -0.39 is 0 Å². The Morgan fingerprint density at radius 3 is 2.59 bits per heavy atom. The molecule has 4 nitrogen and oxygen atoms in total. The highest BCUT2D eigenvalue weighted by molar-refractivity contribution is 5.66. The molecule has 0 atom stereocenters. The van der Waals surface area contributed by atoms with Crippen molar-refractivity contribution in [2.75, 3.05) is 13.1 Å². The lowest BCUT2D eigenvalue weighted by atomic mass is 10.2.